The van der Waals surface area contributed by atoms with Crippen molar-refractivity contribution in [3.05, 3.63) is 110 Å². The smallest absolute Gasteiger partial charge is 0.0849 e. The van der Waals surface area contributed by atoms with Crippen molar-refractivity contribution in [3.63, 3.8) is 0 Å². The van der Waals surface area contributed by atoms with Crippen molar-refractivity contribution in [2.75, 3.05) is 0 Å². The molecule has 0 radical (unpaired) electrons. The van der Waals surface area contributed by atoms with Crippen LogP contribution in [0.4, 0.5) is 0 Å². The first-order valence-corrected chi connectivity index (χ1v) is 20.2. The first kappa shape index (κ1) is 37.2. The molecule has 51 heavy (non-hydrogen) atoms. The van der Waals surface area contributed by atoms with E-state index in [9.17, 15) is 0 Å². The largest absolute Gasteiger partial charge is 0.155 e. The molecule has 0 fully saturated rings. The van der Waals surface area contributed by atoms with E-state index < -0.39 is 0 Å². The number of benzene rings is 5. The topological polar surface area (TPSA) is 0 Å². The summed E-state index contributed by atoms with van der Waals surface area (Å²) >= 11 is 0. The molecule has 6 rings (SSSR count). The van der Waals surface area contributed by atoms with Gasteiger partial charge in [0.1, 0.15) is 0 Å². The van der Waals surface area contributed by atoms with Gasteiger partial charge in [-0.15, -0.1) is 0 Å². The molecule has 0 nitrogen and oxygen atoms in total. The fourth-order valence-electron chi connectivity index (χ4n) is 8.88. The van der Waals surface area contributed by atoms with E-state index in [-0.39, 0.29) is 0 Å². The molecule has 1 heteroatoms. The number of aryl methyl sites for hydroxylation is 1. The van der Waals surface area contributed by atoms with Crippen LogP contribution in [-0.4, -0.2) is 7.28 Å². The lowest BCUT2D eigenvalue weighted by Gasteiger charge is -2.28. The minimum absolute atomic E-state index is 0.396. The van der Waals surface area contributed by atoms with Gasteiger partial charge in [0.2, 0.25) is 0 Å². The van der Waals surface area contributed by atoms with Gasteiger partial charge in [0.25, 0.3) is 0 Å². The molecule has 0 aliphatic heterocycles. The van der Waals surface area contributed by atoms with Gasteiger partial charge < -0.3 is 0 Å². The maximum atomic E-state index is 2.65. The normalized spacial score (nSPS) is 14.8. The lowest BCUT2D eigenvalue weighted by Crippen LogP contribution is -2.44. The number of hydrogen-bond donors (Lipinski definition) is 0. The van der Waals surface area contributed by atoms with E-state index in [0.717, 1.165) is 13.7 Å². The van der Waals surface area contributed by atoms with E-state index >= 15 is 0 Å². The first-order chi connectivity index (χ1) is 24.1. The van der Waals surface area contributed by atoms with Crippen LogP contribution in [0, 0.1) is 6.92 Å². The van der Waals surface area contributed by atoms with Crippen molar-refractivity contribution in [2.24, 2.45) is 0 Å². The minimum Gasteiger partial charge on any atom is -0.0849 e. The zero-order chi connectivity index (χ0) is 37.0. The zero-order valence-corrected chi connectivity index (χ0v) is 34.3. The van der Waals surface area contributed by atoms with Gasteiger partial charge in [0, 0.05) is 5.92 Å². The van der Waals surface area contributed by atoms with Crippen LogP contribution in [0.2, 0.25) is 6.82 Å². The van der Waals surface area contributed by atoms with Crippen LogP contribution in [0.25, 0.3) is 44.8 Å². The quantitative estimate of drug-likeness (QED) is 0.108. The highest BCUT2D eigenvalue weighted by Gasteiger charge is 2.25. The maximum Gasteiger partial charge on any atom is 0.155 e. The minimum atomic E-state index is 0.396. The van der Waals surface area contributed by atoms with Crippen LogP contribution in [0.1, 0.15) is 175 Å². The number of rotatable bonds is 9. The Bertz CT molecular complexity index is 2180. The second-order valence-corrected chi connectivity index (χ2v) is 17.6. The average Bonchev–Trinajstić information content (AvgIpc) is 3.09. The summed E-state index contributed by atoms with van der Waals surface area (Å²) in [5.74, 6) is 3.35. The van der Waals surface area contributed by atoms with Gasteiger partial charge in [0.15, 0.2) is 7.28 Å². The van der Waals surface area contributed by atoms with E-state index in [1.54, 1.807) is 16.7 Å². The maximum absolute atomic E-state index is 2.65. The highest BCUT2D eigenvalue weighted by Crippen LogP contribution is 2.42. The van der Waals surface area contributed by atoms with Crippen LogP contribution < -0.4 is 15.9 Å². The third kappa shape index (κ3) is 6.76. The fraction of sp³-hybridized carbons (Fsp3) is 0.440. The van der Waals surface area contributed by atoms with Crippen molar-refractivity contribution in [1.82, 2.24) is 0 Å². The highest BCUT2D eigenvalue weighted by molar-refractivity contribution is 6.52. The van der Waals surface area contributed by atoms with Crippen LogP contribution in [0.3, 0.4) is 0 Å². The summed E-state index contributed by atoms with van der Waals surface area (Å²) < 4.78 is 0. The second-order valence-electron chi connectivity index (χ2n) is 17.6. The Morgan fingerprint density at radius 2 is 1.06 bits per heavy atom. The Morgan fingerprint density at radius 3 is 1.55 bits per heavy atom. The summed E-state index contributed by atoms with van der Waals surface area (Å²) in [7, 11) is 1.03. The Balaban J connectivity index is 1.58. The predicted octanol–water partition coefficient (Wildman–Crippen LogP) is 12.6. The lowest BCUT2D eigenvalue weighted by atomic mass is 9.69. The molecule has 1 unspecified atom stereocenters. The number of hydrogen-bond acceptors (Lipinski definition) is 0. The van der Waals surface area contributed by atoms with Crippen molar-refractivity contribution >= 4 is 46.4 Å². The molecule has 1 aliphatic rings. The summed E-state index contributed by atoms with van der Waals surface area (Å²) in [5.41, 5.74) is 16.2. The Morgan fingerprint density at radius 1 is 0.529 bits per heavy atom. The summed E-state index contributed by atoms with van der Waals surface area (Å²) in [6.07, 6.45) is 6.29. The number of fused-ring (bicyclic) bond motifs is 5. The van der Waals surface area contributed by atoms with Crippen LogP contribution >= 0.6 is 0 Å². The molecule has 0 N–H and O–H groups in total. The van der Waals surface area contributed by atoms with Crippen LogP contribution in [0.15, 0.2) is 54.6 Å². The lowest BCUT2D eigenvalue weighted by molar-refractivity contribution is 0.755. The Hall–Kier alpha value is -3.58. The molecule has 0 heterocycles. The molecule has 0 saturated carbocycles. The molecule has 0 bridgehead atoms. The van der Waals surface area contributed by atoms with Crippen molar-refractivity contribution in [3.8, 4) is 11.1 Å². The molecular formula is C50H63B. The molecule has 1 aliphatic carbocycles. The van der Waals surface area contributed by atoms with E-state index in [4.69, 9.17) is 0 Å². The Labute approximate surface area is 310 Å². The molecule has 0 amide bonds. The molecular weight excluding hydrogens is 611 g/mol. The average molecular weight is 675 g/mol. The molecule has 1 atom stereocenters. The third-order valence-electron chi connectivity index (χ3n) is 11.9. The summed E-state index contributed by atoms with van der Waals surface area (Å²) in [5, 5.41) is 8.47. The highest BCUT2D eigenvalue weighted by atomic mass is 14.3. The molecule has 0 saturated heterocycles. The van der Waals surface area contributed by atoms with Gasteiger partial charge in [-0.25, -0.2) is 0 Å². The molecule has 266 valence electrons. The zero-order valence-electron chi connectivity index (χ0n) is 34.3. The van der Waals surface area contributed by atoms with Crippen LogP contribution in [-0.2, 0) is 0 Å². The van der Waals surface area contributed by atoms with E-state index in [1.165, 1.54) is 76.4 Å². The summed E-state index contributed by atoms with van der Waals surface area (Å²) in [4.78, 5) is 0. The van der Waals surface area contributed by atoms with Gasteiger partial charge in [-0.3, -0.25) is 0 Å². The van der Waals surface area contributed by atoms with Gasteiger partial charge >= 0.3 is 0 Å². The first-order valence-electron chi connectivity index (χ1n) is 20.2. The van der Waals surface area contributed by atoms with Gasteiger partial charge in [-0.2, -0.15) is 0 Å². The van der Waals surface area contributed by atoms with E-state index in [0.29, 0.717) is 41.4 Å². The molecule has 0 spiro atoms. The van der Waals surface area contributed by atoms with Gasteiger partial charge in [-0.05, 0) is 143 Å². The SMILES string of the molecule is CBc1cc2c(cc(C)c3cc(-c4c(C(C)C)cc(C(C)C)cc4C(C)C)ccc32)c2c1=CC(c1c(C(C)C)cc(C(C)C)cc1C(C)C)CC=2. The van der Waals surface area contributed by atoms with Crippen molar-refractivity contribution < 1.29 is 0 Å². The monoisotopic (exact) mass is 675 g/mol. The molecule has 5 aromatic rings. The molecule has 0 aromatic heterocycles. The summed E-state index contributed by atoms with van der Waals surface area (Å²) in [6.45, 7) is 32.9. The Kier molecular flexibility index (Phi) is 10.5. The van der Waals surface area contributed by atoms with E-state index in [1.807, 2.05) is 0 Å². The van der Waals surface area contributed by atoms with Crippen LogP contribution in [0.5, 0.6) is 0 Å². The van der Waals surface area contributed by atoms with Gasteiger partial charge in [0.05, 0.1) is 0 Å². The second kappa shape index (κ2) is 14.4. The van der Waals surface area contributed by atoms with Crippen molar-refractivity contribution in [2.45, 2.75) is 145 Å². The standard InChI is InChI=1S/C50H63B/c1-27(2)36-22-40(29(5)6)49(41(23-36)30(7)8)34-15-17-38-44(20-34)33(13)19-45-39-18-16-35(21-47(39)48(51-14)26-46(38)45)50-42(31(9)10)24-37(28(3)4)25-43(50)32(11)12/h15,17-32,35,51H,16H2,1-14H3. The van der Waals surface area contributed by atoms with Gasteiger partial charge in [-0.1, -0.05) is 156 Å². The van der Waals surface area contributed by atoms with E-state index in [2.05, 4.69) is 164 Å². The summed E-state index contributed by atoms with van der Waals surface area (Å²) in [6, 6.07) is 22.4. The predicted molar refractivity (Wildman–Crippen MR) is 231 cm³/mol. The fourth-order valence-corrected chi connectivity index (χ4v) is 8.88. The molecule has 5 aromatic carbocycles. The van der Waals surface area contributed by atoms with Crippen molar-refractivity contribution in [1.29, 1.82) is 0 Å². The third-order valence-corrected chi connectivity index (χ3v) is 11.9.